The molecule has 0 radical (unpaired) electrons. The first kappa shape index (κ1) is 21.4. The van der Waals surface area contributed by atoms with Crippen molar-refractivity contribution in [3.63, 3.8) is 0 Å². The summed E-state index contributed by atoms with van der Waals surface area (Å²) in [5.41, 5.74) is -0.452. The smallest absolute Gasteiger partial charge is 0.433 e. The van der Waals surface area contributed by atoms with Crippen LogP contribution in [0.5, 0.6) is 0 Å². The molecule has 0 spiro atoms. The number of carboxylic acid groups (broad SMARTS) is 1. The van der Waals surface area contributed by atoms with Crippen molar-refractivity contribution in [2.45, 2.75) is 25.2 Å². The lowest BCUT2D eigenvalue weighted by Crippen LogP contribution is -2.29. The lowest BCUT2D eigenvalue weighted by Gasteiger charge is -2.16. The number of aliphatic hydroxyl groups is 1. The minimum absolute atomic E-state index is 0.0699. The van der Waals surface area contributed by atoms with Crippen molar-refractivity contribution in [3.8, 4) is 0 Å². The maximum absolute atomic E-state index is 13.2. The number of halogens is 3. The van der Waals surface area contributed by atoms with E-state index < -0.39 is 24.1 Å². The van der Waals surface area contributed by atoms with Crippen molar-refractivity contribution in [2.24, 2.45) is 0 Å². The summed E-state index contributed by atoms with van der Waals surface area (Å²) in [6, 6.07) is 8.23. The van der Waals surface area contributed by atoms with Crippen LogP contribution in [-0.4, -0.2) is 51.3 Å². The number of rotatable bonds is 5. The van der Waals surface area contributed by atoms with Crippen LogP contribution in [0.15, 0.2) is 36.4 Å². The average molecular weight is 424 g/mol. The number of hydrogen-bond acceptors (Lipinski definition) is 5. The fourth-order valence-electron chi connectivity index (χ4n) is 3.06. The van der Waals surface area contributed by atoms with Gasteiger partial charge in [0.25, 0.3) is 5.91 Å². The Bertz CT molecular complexity index is 952. The number of amides is 2. The van der Waals surface area contributed by atoms with Crippen molar-refractivity contribution in [1.82, 2.24) is 15.2 Å². The maximum atomic E-state index is 13.2. The number of aliphatic hydroxyl groups excluding tert-OH is 1. The topological polar surface area (TPSA) is 115 Å². The number of β-amino-alcohol motifs (C(OH)–C–C–N with tert-alkyl or cyclic N) is 1. The second kappa shape index (κ2) is 8.57. The maximum Gasteiger partial charge on any atom is 0.433 e. The number of nitrogens with one attached hydrogen (secondary N) is 2. The molecule has 4 N–H and O–H groups in total. The SMILES string of the molecule is O=C(O)NCc1cc(Nc2cccc(C(=O)N3CC[C@H](O)C3)c2)nc(C(F)(F)F)c1. The highest BCUT2D eigenvalue weighted by Crippen LogP contribution is 2.30. The highest BCUT2D eigenvalue weighted by atomic mass is 19.4. The van der Waals surface area contributed by atoms with Crippen molar-refractivity contribution in [1.29, 1.82) is 0 Å². The molecule has 0 unspecified atom stereocenters. The van der Waals surface area contributed by atoms with Crippen molar-refractivity contribution >= 4 is 23.5 Å². The lowest BCUT2D eigenvalue weighted by molar-refractivity contribution is -0.141. The van der Waals surface area contributed by atoms with Crippen LogP contribution in [0.3, 0.4) is 0 Å². The van der Waals surface area contributed by atoms with Crippen LogP contribution in [0, 0.1) is 0 Å². The summed E-state index contributed by atoms with van der Waals surface area (Å²) in [5.74, 6) is -0.438. The molecule has 0 saturated carbocycles. The molecule has 0 aliphatic carbocycles. The molecular weight excluding hydrogens is 405 g/mol. The highest BCUT2D eigenvalue weighted by Gasteiger charge is 2.33. The normalized spacial score (nSPS) is 16.4. The Morgan fingerprint density at radius 3 is 2.63 bits per heavy atom. The van der Waals surface area contributed by atoms with Gasteiger partial charge in [0, 0.05) is 30.9 Å². The Balaban J connectivity index is 1.83. The summed E-state index contributed by atoms with van der Waals surface area (Å²) in [5, 5.41) is 23.0. The summed E-state index contributed by atoms with van der Waals surface area (Å²) in [6.45, 7) is 0.323. The van der Waals surface area contributed by atoms with Crippen LogP contribution in [-0.2, 0) is 12.7 Å². The van der Waals surface area contributed by atoms with Gasteiger partial charge in [0.2, 0.25) is 0 Å². The average Bonchev–Trinajstić information content (AvgIpc) is 3.11. The van der Waals surface area contributed by atoms with Gasteiger partial charge in [0.15, 0.2) is 0 Å². The predicted octanol–water partition coefficient (Wildman–Crippen LogP) is 2.82. The third kappa shape index (κ3) is 5.38. The summed E-state index contributed by atoms with van der Waals surface area (Å²) in [6.07, 6.45) is -6.16. The van der Waals surface area contributed by atoms with Gasteiger partial charge in [0.05, 0.1) is 6.10 Å². The molecule has 1 fully saturated rings. The Hall–Kier alpha value is -3.34. The zero-order valence-corrected chi connectivity index (χ0v) is 15.6. The predicted molar refractivity (Wildman–Crippen MR) is 100 cm³/mol. The van der Waals surface area contributed by atoms with Gasteiger partial charge in [-0.05, 0) is 42.3 Å². The first-order chi connectivity index (χ1) is 14.1. The van der Waals surface area contributed by atoms with Crippen LogP contribution >= 0.6 is 0 Å². The zero-order valence-electron chi connectivity index (χ0n) is 15.6. The van der Waals surface area contributed by atoms with Crippen LogP contribution < -0.4 is 10.6 Å². The number of likely N-dealkylation sites (tertiary alicyclic amines) is 1. The molecule has 1 aromatic carbocycles. The van der Waals surface area contributed by atoms with E-state index >= 15 is 0 Å². The minimum Gasteiger partial charge on any atom is -0.465 e. The number of pyridine rings is 1. The minimum atomic E-state index is -4.72. The van der Waals surface area contributed by atoms with Gasteiger partial charge in [0.1, 0.15) is 11.5 Å². The monoisotopic (exact) mass is 424 g/mol. The second-order valence-corrected chi connectivity index (χ2v) is 6.80. The van der Waals surface area contributed by atoms with E-state index in [2.05, 4.69) is 10.3 Å². The number of benzene rings is 1. The van der Waals surface area contributed by atoms with E-state index in [0.717, 1.165) is 6.07 Å². The number of aromatic nitrogens is 1. The molecule has 8 nitrogen and oxygen atoms in total. The van der Waals surface area contributed by atoms with E-state index in [9.17, 15) is 27.9 Å². The van der Waals surface area contributed by atoms with E-state index in [1.807, 2.05) is 5.32 Å². The molecule has 11 heteroatoms. The van der Waals surface area contributed by atoms with Gasteiger partial charge in [-0.2, -0.15) is 13.2 Å². The summed E-state index contributed by atoms with van der Waals surface area (Å²) < 4.78 is 39.5. The van der Waals surface area contributed by atoms with Crippen LogP contribution in [0.25, 0.3) is 0 Å². The van der Waals surface area contributed by atoms with Gasteiger partial charge in [-0.15, -0.1) is 0 Å². The van der Waals surface area contributed by atoms with Crippen molar-refractivity contribution in [2.75, 3.05) is 18.4 Å². The quantitative estimate of drug-likeness (QED) is 0.587. The molecule has 160 valence electrons. The standard InChI is InChI=1S/C19H19F3N4O4/c20-19(21,22)15-6-11(9-23-18(29)30)7-16(25-15)24-13-3-1-2-12(8-13)17(28)26-5-4-14(27)10-26/h1-3,6-8,14,23,27H,4-5,9-10H2,(H,24,25)(H,29,30)/t14-/m0/s1. The Morgan fingerprint density at radius 2 is 2.00 bits per heavy atom. The van der Waals surface area contributed by atoms with Gasteiger partial charge >= 0.3 is 12.3 Å². The molecule has 1 atom stereocenters. The fraction of sp³-hybridized carbons (Fsp3) is 0.316. The van der Waals surface area contributed by atoms with Crippen LogP contribution in [0.1, 0.15) is 28.0 Å². The second-order valence-electron chi connectivity index (χ2n) is 6.80. The van der Waals surface area contributed by atoms with E-state index in [1.165, 1.54) is 17.0 Å². The third-order valence-electron chi connectivity index (χ3n) is 4.45. The number of carbonyl (C=O) groups excluding carboxylic acids is 1. The number of hydrogen-bond donors (Lipinski definition) is 4. The molecule has 2 heterocycles. The Labute approximate surface area is 169 Å². The Kier molecular flexibility index (Phi) is 6.11. The molecule has 1 aliphatic rings. The summed E-state index contributed by atoms with van der Waals surface area (Å²) in [7, 11) is 0. The molecule has 0 bridgehead atoms. The molecule has 1 aromatic heterocycles. The molecule has 2 aromatic rings. The highest BCUT2D eigenvalue weighted by molar-refractivity contribution is 5.95. The lowest BCUT2D eigenvalue weighted by atomic mass is 10.1. The number of nitrogens with zero attached hydrogens (tertiary/aromatic N) is 2. The largest absolute Gasteiger partial charge is 0.465 e. The van der Waals surface area contributed by atoms with Gasteiger partial charge in [-0.1, -0.05) is 6.07 Å². The van der Waals surface area contributed by atoms with E-state index in [-0.39, 0.29) is 30.4 Å². The van der Waals surface area contributed by atoms with E-state index in [0.29, 0.717) is 24.2 Å². The number of alkyl halides is 3. The van der Waals surface area contributed by atoms with Crippen LogP contribution in [0.4, 0.5) is 29.5 Å². The molecule has 3 rings (SSSR count). The van der Waals surface area contributed by atoms with Crippen molar-refractivity contribution in [3.05, 3.63) is 53.2 Å². The zero-order chi connectivity index (χ0) is 21.9. The molecule has 1 aliphatic heterocycles. The number of anilines is 2. The third-order valence-corrected chi connectivity index (χ3v) is 4.45. The molecule has 2 amide bonds. The first-order valence-corrected chi connectivity index (χ1v) is 9.01. The molecule has 1 saturated heterocycles. The summed E-state index contributed by atoms with van der Waals surface area (Å²) >= 11 is 0. The Morgan fingerprint density at radius 1 is 1.23 bits per heavy atom. The molecule has 30 heavy (non-hydrogen) atoms. The molecular formula is C19H19F3N4O4. The van der Waals surface area contributed by atoms with E-state index in [1.54, 1.807) is 18.2 Å². The fourth-order valence-corrected chi connectivity index (χ4v) is 3.06. The first-order valence-electron chi connectivity index (χ1n) is 9.01. The van der Waals surface area contributed by atoms with Gasteiger partial charge in [-0.3, -0.25) is 4.79 Å². The van der Waals surface area contributed by atoms with Gasteiger partial charge < -0.3 is 25.7 Å². The van der Waals surface area contributed by atoms with Crippen molar-refractivity contribution < 1.29 is 33.0 Å². The van der Waals surface area contributed by atoms with Gasteiger partial charge in [-0.25, -0.2) is 9.78 Å². The number of carbonyl (C=O) groups is 2. The van der Waals surface area contributed by atoms with E-state index in [4.69, 9.17) is 5.11 Å². The summed E-state index contributed by atoms with van der Waals surface area (Å²) in [4.78, 5) is 28.2. The van der Waals surface area contributed by atoms with Crippen LogP contribution in [0.2, 0.25) is 0 Å².